The van der Waals surface area contributed by atoms with E-state index in [1.807, 2.05) is 24.1 Å². The molecule has 0 aromatic heterocycles. The van der Waals surface area contributed by atoms with Gasteiger partial charge in [0.05, 0.1) is 12.6 Å². The summed E-state index contributed by atoms with van der Waals surface area (Å²) >= 11 is 0. The molecule has 0 radical (unpaired) electrons. The van der Waals surface area contributed by atoms with Crippen LogP contribution >= 0.6 is 0 Å². The maximum Gasteiger partial charge on any atom is 0.317 e. The fourth-order valence-electron chi connectivity index (χ4n) is 3.93. The first-order chi connectivity index (χ1) is 12.1. The smallest absolute Gasteiger partial charge is 0.317 e. The number of benzene rings is 1. The lowest BCUT2D eigenvalue weighted by Gasteiger charge is -2.37. The predicted molar refractivity (Wildman–Crippen MR) is 101 cm³/mol. The molecule has 1 aromatic carbocycles. The third-order valence-corrected chi connectivity index (χ3v) is 5.63. The summed E-state index contributed by atoms with van der Waals surface area (Å²) in [4.78, 5) is 16.8. The van der Waals surface area contributed by atoms with Crippen molar-refractivity contribution in [1.82, 2.24) is 15.1 Å². The standard InChI is InChI=1S/C20H29N3O2/c1-22-12-10-16(11-13-22)23(2)20(25)21-19(14-24)18-9-5-7-15-6-3-4-8-17(15)18/h3-8,16,18-19,24H,9-14H2,1-2H3,(H,21,25). The van der Waals surface area contributed by atoms with Crippen molar-refractivity contribution in [1.29, 1.82) is 0 Å². The molecule has 1 heterocycles. The molecule has 1 aromatic rings. The van der Waals surface area contributed by atoms with E-state index in [2.05, 4.69) is 41.5 Å². The highest BCUT2D eigenvalue weighted by atomic mass is 16.3. The van der Waals surface area contributed by atoms with Gasteiger partial charge in [-0.15, -0.1) is 0 Å². The number of hydrogen-bond donors (Lipinski definition) is 2. The van der Waals surface area contributed by atoms with Crippen LogP contribution in [0.4, 0.5) is 4.79 Å². The van der Waals surface area contributed by atoms with Gasteiger partial charge >= 0.3 is 6.03 Å². The van der Waals surface area contributed by atoms with E-state index in [-0.39, 0.29) is 30.6 Å². The fourth-order valence-corrected chi connectivity index (χ4v) is 3.93. The van der Waals surface area contributed by atoms with Crippen LogP contribution in [0, 0.1) is 0 Å². The molecule has 3 rings (SSSR count). The normalized spacial score (nSPS) is 22.3. The molecule has 136 valence electrons. The Bertz CT molecular complexity index is 623. The lowest BCUT2D eigenvalue weighted by molar-refractivity contribution is 0.138. The van der Waals surface area contributed by atoms with Gasteiger partial charge < -0.3 is 20.2 Å². The van der Waals surface area contributed by atoms with E-state index in [9.17, 15) is 9.90 Å². The Balaban J connectivity index is 1.66. The fraction of sp³-hybridized carbons (Fsp3) is 0.550. The monoisotopic (exact) mass is 343 g/mol. The van der Waals surface area contributed by atoms with Crippen molar-refractivity contribution in [3.8, 4) is 0 Å². The maximum atomic E-state index is 12.7. The van der Waals surface area contributed by atoms with E-state index < -0.39 is 0 Å². The average Bonchev–Trinajstić information content (AvgIpc) is 2.65. The summed E-state index contributed by atoms with van der Waals surface area (Å²) < 4.78 is 0. The highest BCUT2D eigenvalue weighted by Gasteiger charge is 2.30. The van der Waals surface area contributed by atoms with Crippen LogP contribution in [0.25, 0.3) is 6.08 Å². The molecule has 2 atom stereocenters. The van der Waals surface area contributed by atoms with Gasteiger partial charge in [-0.3, -0.25) is 0 Å². The quantitative estimate of drug-likeness (QED) is 0.882. The maximum absolute atomic E-state index is 12.7. The molecule has 5 heteroatoms. The molecular formula is C20H29N3O2. The Labute approximate surface area is 150 Å². The number of aliphatic hydroxyl groups is 1. The number of carbonyl (C=O) groups is 1. The van der Waals surface area contributed by atoms with Gasteiger partial charge in [0.2, 0.25) is 0 Å². The average molecular weight is 343 g/mol. The van der Waals surface area contributed by atoms with E-state index >= 15 is 0 Å². The summed E-state index contributed by atoms with van der Waals surface area (Å²) in [5.74, 6) is 0.112. The largest absolute Gasteiger partial charge is 0.394 e. The molecule has 25 heavy (non-hydrogen) atoms. The Morgan fingerprint density at radius 2 is 2.08 bits per heavy atom. The minimum atomic E-state index is -0.271. The zero-order valence-electron chi connectivity index (χ0n) is 15.2. The van der Waals surface area contributed by atoms with Crippen molar-refractivity contribution >= 4 is 12.1 Å². The minimum absolute atomic E-state index is 0.0557. The van der Waals surface area contributed by atoms with E-state index in [0.717, 1.165) is 32.4 Å². The van der Waals surface area contributed by atoms with Crippen LogP contribution in [-0.2, 0) is 0 Å². The molecule has 2 unspecified atom stereocenters. The number of amides is 2. The van der Waals surface area contributed by atoms with Gasteiger partial charge in [0.1, 0.15) is 0 Å². The first-order valence-corrected chi connectivity index (χ1v) is 9.18. The van der Waals surface area contributed by atoms with Crippen LogP contribution in [0.5, 0.6) is 0 Å². The molecular weight excluding hydrogens is 314 g/mol. The van der Waals surface area contributed by atoms with Crippen molar-refractivity contribution in [2.45, 2.75) is 37.3 Å². The highest BCUT2D eigenvalue weighted by molar-refractivity contribution is 5.75. The Morgan fingerprint density at radius 1 is 1.36 bits per heavy atom. The molecule has 1 saturated heterocycles. The molecule has 2 amide bonds. The number of piperidine rings is 1. The Hall–Kier alpha value is -1.85. The summed E-state index contributed by atoms with van der Waals surface area (Å²) in [7, 11) is 3.99. The number of likely N-dealkylation sites (tertiary alicyclic amines) is 1. The first-order valence-electron chi connectivity index (χ1n) is 9.18. The number of rotatable bonds is 4. The van der Waals surface area contributed by atoms with Gasteiger partial charge in [-0.1, -0.05) is 36.4 Å². The molecule has 5 nitrogen and oxygen atoms in total. The number of urea groups is 1. The van der Waals surface area contributed by atoms with Crippen molar-refractivity contribution < 1.29 is 9.90 Å². The topological polar surface area (TPSA) is 55.8 Å². The van der Waals surface area contributed by atoms with Crippen LogP contribution < -0.4 is 5.32 Å². The van der Waals surface area contributed by atoms with Gasteiger partial charge in [-0.25, -0.2) is 4.79 Å². The van der Waals surface area contributed by atoms with Crippen LogP contribution in [0.3, 0.4) is 0 Å². The minimum Gasteiger partial charge on any atom is -0.394 e. The summed E-state index contributed by atoms with van der Waals surface area (Å²) in [5.41, 5.74) is 2.38. The molecule has 1 aliphatic heterocycles. The zero-order valence-corrected chi connectivity index (χ0v) is 15.2. The Morgan fingerprint density at radius 3 is 2.80 bits per heavy atom. The lowest BCUT2D eigenvalue weighted by Crippen LogP contribution is -2.52. The molecule has 2 aliphatic rings. The molecule has 1 aliphatic carbocycles. The number of fused-ring (bicyclic) bond motifs is 1. The number of nitrogens with zero attached hydrogens (tertiary/aromatic N) is 2. The van der Waals surface area contributed by atoms with Gasteiger partial charge in [0.25, 0.3) is 0 Å². The number of aliphatic hydroxyl groups excluding tert-OH is 1. The van der Waals surface area contributed by atoms with E-state index in [4.69, 9.17) is 0 Å². The molecule has 0 spiro atoms. The van der Waals surface area contributed by atoms with E-state index in [0.29, 0.717) is 0 Å². The SMILES string of the molecule is CN1CCC(N(C)C(=O)NC(CO)C2CC=Cc3ccccc32)CC1. The third kappa shape index (κ3) is 4.05. The number of allylic oxidation sites excluding steroid dienone is 1. The predicted octanol–water partition coefficient (Wildman–Crippen LogP) is 2.28. The van der Waals surface area contributed by atoms with Crippen LogP contribution in [0.15, 0.2) is 30.3 Å². The summed E-state index contributed by atoms with van der Waals surface area (Å²) in [6, 6.07) is 8.14. The van der Waals surface area contributed by atoms with Crippen molar-refractivity contribution in [2.24, 2.45) is 0 Å². The zero-order chi connectivity index (χ0) is 17.8. The van der Waals surface area contributed by atoms with Crippen LogP contribution in [0.2, 0.25) is 0 Å². The number of hydrogen-bond acceptors (Lipinski definition) is 3. The van der Waals surface area contributed by atoms with Gasteiger partial charge in [0, 0.05) is 19.0 Å². The van der Waals surface area contributed by atoms with E-state index in [1.165, 1.54) is 11.1 Å². The van der Waals surface area contributed by atoms with Crippen molar-refractivity contribution in [3.05, 3.63) is 41.5 Å². The van der Waals surface area contributed by atoms with Gasteiger partial charge in [0.15, 0.2) is 0 Å². The molecule has 2 N–H and O–H groups in total. The van der Waals surface area contributed by atoms with Gasteiger partial charge in [-0.2, -0.15) is 0 Å². The van der Waals surface area contributed by atoms with Crippen molar-refractivity contribution in [3.63, 3.8) is 0 Å². The van der Waals surface area contributed by atoms with E-state index in [1.54, 1.807) is 0 Å². The summed E-state index contributed by atoms with van der Waals surface area (Å²) in [5, 5.41) is 13.0. The van der Waals surface area contributed by atoms with Gasteiger partial charge in [-0.05, 0) is 50.5 Å². The van der Waals surface area contributed by atoms with Crippen molar-refractivity contribution in [2.75, 3.05) is 33.8 Å². The molecule has 0 bridgehead atoms. The molecule has 0 saturated carbocycles. The summed E-state index contributed by atoms with van der Waals surface area (Å²) in [6.07, 6.45) is 7.08. The van der Waals surface area contributed by atoms with Crippen LogP contribution in [0.1, 0.15) is 36.3 Å². The highest BCUT2D eigenvalue weighted by Crippen LogP contribution is 2.32. The lowest BCUT2D eigenvalue weighted by atomic mass is 9.82. The second-order valence-electron chi connectivity index (χ2n) is 7.26. The summed E-state index contributed by atoms with van der Waals surface area (Å²) in [6.45, 7) is 1.98. The number of carbonyl (C=O) groups excluding carboxylic acids is 1. The second kappa shape index (κ2) is 8.02. The second-order valence-corrected chi connectivity index (χ2v) is 7.26. The Kier molecular flexibility index (Phi) is 5.76. The first kappa shape index (κ1) is 18.0. The van der Waals surface area contributed by atoms with Crippen LogP contribution in [-0.4, -0.2) is 66.8 Å². The molecule has 1 fully saturated rings. The third-order valence-electron chi connectivity index (χ3n) is 5.63. The number of nitrogens with one attached hydrogen (secondary N) is 1.